The number of hydrogen-bond acceptors (Lipinski definition) is 2. The van der Waals surface area contributed by atoms with Crippen LogP contribution in [0.15, 0.2) is 41.1 Å². The van der Waals surface area contributed by atoms with Crippen LogP contribution in [0.2, 0.25) is 0 Å². The normalized spacial score (nSPS) is 12.4. The molecule has 2 aromatic rings. The lowest BCUT2D eigenvalue weighted by Crippen LogP contribution is -2.20. The minimum Gasteiger partial charge on any atom is -0.313 e. The number of pyridine rings is 1. The quantitative estimate of drug-likeness (QED) is 0.868. The number of nitrogens with zero attached hydrogens (tertiary/aromatic N) is 1. The Kier molecular flexibility index (Phi) is 4.61. The summed E-state index contributed by atoms with van der Waals surface area (Å²) in [5.74, 6) is -1.71. The summed E-state index contributed by atoms with van der Waals surface area (Å²) < 4.78 is 26.8. The molecule has 1 heterocycles. The number of halogens is 3. The maximum atomic E-state index is 13.6. The van der Waals surface area contributed by atoms with Gasteiger partial charge in [0.2, 0.25) is 0 Å². The van der Waals surface area contributed by atoms with Crippen molar-refractivity contribution in [3.05, 3.63) is 63.9 Å². The largest absolute Gasteiger partial charge is 0.313 e. The van der Waals surface area contributed by atoms with Gasteiger partial charge in [0.05, 0.1) is 4.47 Å². The van der Waals surface area contributed by atoms with E-state index >= 15 is 0 Å². The van der Waals surface area contributed by atoms with Gasteiger partial charge in [0.1, 0.15) is 0 Å². The van der Waals surface area contributed by atoms with Gasteiger partial charge < -0.3 is 5.32 Å². The lowest BCUT2D eigenvalue weighted by molar-refractivity contribution is 0.495. The number of rotatable bonds is 4. The Labute approximate surface area is 119 Å². The van der Waals surface area contributed by atoms with Gasteiger partial charge in [-0.15, -0.1) is 0 Å². The first-order valence-corrected chi connectivity index (χ1v) is 6.62. The van der Waals surface area contributed by atoms with Crippen molar-refractivity contribution in [3.8, 4) is 0 Å². The van der Waals surface area contributed by atoms with Crippen molar-refractivity contribution in [2.45, 2.75) is 12.5 Å². The fourth-order valence-corrected chi connectivity index (χ4v) is 2.53. The smallest absolute Gasteiger partial charge is 0.173 e. The first kappa shape index (κ1) is 14.1. The topological polar surface area (TPSA) is 24.9 Å². The highest BCUT2D eigenvalue weighted by Crippen LogP contribution is 2.29. The maximum Gasteiger partial charge on any atom is 0.173 e. The first-order chi connectivity index (χ1) is 9.13. The summed E-state index contributed by atoms with van der Waals surface area (Å²) in [6.07, 6.45) is 4.11. The molecule has 2 nitrogen and oxygen atoms in total. The van der Waals surface area contributed by atoms with Crippen LogP contribution < -0.4 is 5.32 Å². The van der Waals surface area contributed by atoms with Crippen LogP contribution in [0.25, 0.3) is 0 Å². The monoisotopic (exact) mass is 326 g/mol. The van der Waals surface area contributed by atoms with E-state index in [-0.39, 0.29) is 10.5 Å². The molecule has 1 atom stereocenters. The molecule has 1 unspecified atom stereocenters. The Morgan fingerprint density at radius 3 is 2.74 bits per heavy atom. The molecule has 19 heavy (non-hydrogen) atoms. The summed E-state index contributed by atoms with van der Waals surface area (Å²) >= 11 is 3.12. The molecule has 0 saturated carbocycles. The molecule has 5 heteroatoms. The van der Waals surface area contributed by atoms with Gasteiger partial charge in [-0.1, -0.05) is 12.1 Å². The zero-order valence-electron chi connectivity index (χ0n) is 10.3. The third kappa shape index (κ3) is 3.16. The highest BCUT2D eigenvalue weighted by Gasteiger charge is 2.18. The van der Waals surface area contributed by atoms with Gasteiger partial charge in [-0.25, -0.2) is 8.78 Å². The van der Waals surface area contributed by atoms with Gasteiger partial charge in [-0.2, -0.15) is 0 Å². The fraction of sp³-hybridized carbons (Fsp3) is 0.214. The second kappa shape index (κ2) is 6.21. The highest BCUT2D eigenvalue weighted by atomic mass is 79.9. The van der Waals surface area contributed by atoms with Crippen LogP contribution in [-0.2, 0) is 6.42 Å². The van der Waals surface area contributed by atoms with E-state index in [1.807, 2.05) is 12.1 Å². The molecule has 0 saturated heterocycles. The summed E-state index contributed by atoms with van der Waals surface area (Å²) in [6.45, 7) is 0. The van der Waals surface area contributed by atoms with E-state index < -0.39 is 11.6 Å². The first-order valence-electron chi connectivity index (χ1n) is 5.83. The molecule has 0 amide bonds. The molecule has 0 aliphatic heterocycles. The molecule has 0 fully saturated rings. The highest BCUT2D eigenvalue weighted by molar-refractivity contribution is 9.10. The van der Waals surface area contributed by atoms with Crippen LogP contribution >= 0.6 is 15.9 Å². The van der Waals surface area contributed by atoms with Gasteiger partial charge in [-0.05, 0) is 52.7 Å². The maximum absolute atomic E-state index is 13.6. The predicted octanol–water partition coefficient (Wildman–Crippen LogP) is 3.63. The Morgan fingerprint density at radius 1 is 1.32 bits per heavy atom. The third-order valence-electron chi connectivity index (χ3n) is 2.95. The molecule has 0 aliphatic carbocycles. The SMILES string of the molecule is CNC(Cc1cccnc1)c1ccc(F)c(F)c1Br. The average molecular weight is 327 g/mol. The number of likely N-dealkylation sites (N-methyl/N-ethyl adjacent to an activating group) is 1. The van der Waals surface area contributed by atoms with Crippen molar-refractivity contribution >= 4 is 15.9 Å². The van der Waals surface area contributed by atoms with E-state index in [2.05, 4.69) is 26.2 Å². The standard InChI is InChI=1S/C14H13BrF2N2/c1-18-12(7-9-3-2-6-19-8-9)10-4-5-11(16)14(17)13(10)15/h2-6,8,12,18H,7H2,1H3. The van der Waals surface area contributed by atoms with Crippen molar-refractivity contribution in [2.24, 2.45) is 0 Å². The Balaban J connectivity index is 2.30. The Hall–Kier alpha value is -1.33. The van der Waals surface area contributed by atoms with Crippen LogP contribution in [-0.4, -0.2) is 12.0 Å². The van der Waals surface area contributed by atoms with Gasteiger partial charge in [-0.3, -0.25) is 4.98 Å². The summed E-state index contributed by atoms with van der Waals surface area (Å²) in [5, 5.41) is 3.11. The van der Waals surface area contributed by atoms with Crippen LogP contribution in [0.4, 0.5) is 8.78 Å². The molecule has 1 aromatic heterocycles. The van der Waals surface area contributed by atoms with Crippen molar-refractivity contribution in [1.29, 1.82) is 0 Å². The van der Waals surface area contributed by atoms with E-state index in [9.17, 15) is 8.78 Å². The third-order valence-corrected chi connectivity index (χ3v) is 3.76. The van der Waals surface area contributed by atoms with E-state index in [1.165, 1.54) is 0 Å². The summed E-state index contributed by atoms with van der Waals surface area (Å²) in [7, 11) is 1.79. The molecule has 2 rings (SSSR count). The van der Waals surface area contributed by atoms with E-state index in [0.29, 0.717) is 12.0 Å². The molecule has 0 aliphatic rings. The lowest BCUT2D eigenvalue weighted by atomic mass is 10.00. The van der Waals surface area contributed by atoms with Crippen molar-refractivity contribution in [1.82, 2.24) is 10.3 Å². The predicted molar refractivity (Wildman–Crippen MR) is 73.8 cm³/mol. The van der Waals surface area contributed by atoms with Crippen LogP contribution in [0, 0.1) is 11.6 Å². The molecule has 1 aromatic carbocycles. The van der Waals surface area contributed by atoms with Crippen molar-refractivity contribution in [3.63, 3.8) is 0 Å². The minimum atomic E-state index is -0.857. The molecule has 0 spiro atoms. The number of aromatic nitrogens is 1. The summed E-state index contributed by atoms with van der Waals surface area (Å²) in [6, 6.07) is 6.41. The van der Waals surface area contributed by atoms with Crippen molar-refractivity contribution in [2.75, 3.05) is 7.05 Å². The number of hydrogen-bond donors (Lipinski definition) is 1. The van der Waals surface area contributed by atoms with Crippen molar-refractivity contribution < 1.29 is 8.78 Å². The van der Waals surface area contributed by atoms with E-state index in [0.717, 1.165) is 11.6 Å². The zero-order valence-corrected chi connectivity index (χ0v) is 11.9. The molecule has 1 N–H and O–H groups in total. The van der Waals surface area contributed by atoms with Crippen LogP contribution in [0.1, 0.15) is 17.2 Å². The minimum absolute atomic E-state index is 0.117. The average Bonchev–Trinajstić information content (AvgIpc) is 2.44. The number of benzene rings is 1. The van der Waals surface area contributed by atoms with E-state index in [1.54, 1.807) is 25.5 Å². The zero-order chi connectivity index (χ0) is 13.8. The van der Waals surface area contributed by atoms with Crippen LogP contribution in [0.5, 0.6) is 0 Å². The summed E-state index contributed by atoms with van der Waals surface area (Å²) in [4.78, 5) is 4.05. The van der Waals surface area contributed by atoms with Gasteiger partial charge in [0, 0.05) is 18.4 Å². The number of nitrogens with one attached hydrogen (secondary N) is 1. The molecular weight excluding hydrogens is 314 g/mol. The molecular formula is C14H13BrF2N2. The van der Waals surface area contributed by atoms with Gasteiger partial charge in [0.15, 0.2) is 11.6 Å². The van der Waals surface area contributed by atoms with Gasteiger partial charge in [0.25, 0.3) is 0 Å². The summed E-state index contributed by atoms with van der Waals surface area (Å²) in [5.41, 5.74) is 1.71. The molecule has 0 radical (unpaired) electrons. The second-order valence-corrected chi connectivity index (χ2v) is 4.96. The van der Waals surface area contributed by atoms with E-state index in [4.69, 9.17) is 0 Å². The molecule has 0 bridgehead atoms. The Morgan fingerprint density at radius 2 is 2.11 bits per heavy atom. The second-order valence-electron chi connectivity index (χ2n) is 4.17. The fourth-order valence-electron chi connectivity index (χ4n) is 1.93. The van der Waals surface area contributed by atoms with Gasteiger partial charge >= 0.3 is 0 Å². The van der Waals surface area contributed by atoms with Crippen LogP contribution in [0.3, 0.4) is 0 Å². The Bertz CT molecular complexity index is 561. The molecule has 100 valence electrons. The lowest BCUT2D eigenvalue weighted by Gasteiger charge is -2.18.